The molecule has 0 saturated carbocycles. The topological polar surface area (TPSA) is 80.4 Å². The summed E-state index contributed by atoms with van der Waals surface area (Å²) < 4.78 is 29.6. The van der Waals surface area contributed by atoms with E-state index in [1.807, 2.05) is 32.0 Å². The molecule has 0 fully saturated rings. The minimum absolute atomic E-state index is 0.171. The number of nitrogens with zero attached hydrogens (tertiary/aromatic N) is 1. The lowest BCUT2D eigenvalue weighted by Gasteiger charge is -2.13. The summed E-state index contributed by atoms with van der Waals surface area (Å²) in [4.78, 5) is 0. The van der Waals surface area contributed by atoms with Gasteiger partial charge in [0.15, 0.2) is 9.84 Å². The molecule has 1 heterocycles. The Morgan fingerprint density at radius 1 is 1.14 bits per heavy atom. The van der Waals surface area contributed by atoms with Crippen LogP contribution >= 0.6 is 0 Å². The van der Waals surface area contributed by atoms with Crippen LogP contribution in [0.15, 0.2) is 22.7 Å². The molecule has 1 aromatic carbocycles. The highest BCUT2D eigenvalue weighted by molar-refractivity contribution is 7.90. The molecule has 2 aromatic rings. The lowest BCUT2D eigenvalue weighted by molar-refractivity contribution is 0.201. The SMILES string of the molecule is Cc1cc(C)cc(C(O)CS(=O)(=O)Cc2c(C)noc2C)c1. The van der Waals surface area contributed by atoms with Gasteiger partial charge in [-0.1, -0.05) is 34.5 Å². The summed E-state index contributed by atoms with van der Waals surface area (Å²) in [6.45, 7) is 7.23. The Labute approximate surface area is 130 Å². The van der Waals surface area contributed by atoms with Crippen LogP contribution in [0.5, 0.6) is 0 Å². The van der Waals surface area contributed by atoms with Gasteiger partial charge < -0.3 is 9.63 Å². The van der Waals surface area contributed by atoms with Crippen molar-refractivity contribution in [3.05, 3.63) is 51.9 Å². The van der Waals surface area contributed by atoms with E-state index >= 15 is 0 Å². The third-order valence-electron chi connectivity index (χ3n) is 3.59. The number of benzene rings is 1. The van der Waals surface area contributed by atoms with E-state index in [9.17, 15) is 13.5 Å². The highest BCUT2D eigenvalue weighted by Crippen LogP contribution is 2.22. The minimum atomic E-state index is -3.47. The maximum Gasteiger partial charge on any atom is 0.157 e. The monoisotopic (exact) mass is 323 g/mol. The molecule has 0 saturated heterocycles. The lowest BCUT2D eigenvalue weighted by atomic mass is 10.0. The van der Waals surface area contributed by atoms with Crippen molar-refractivity contribution >= 4 is 9.84 Å². The zero-order valence-electron chi connectivity index (χ0n) is 13.3. The first-order chi connectivity index (χ1) is 10.2. The second-order valence-electron chi connectivity index (χ2n) is 5.79. The van der Waals surface area contributed by atoms with Crippen LogP contribution in [0.3, 0.4) is 0 Å². The van der Waals surface area contributed by atoms with E-state index in [0.717, 1.165) is 11.1 Å². The predicted molar refractivity (Wildman–Crippen MR) is 84.3 cm³/mol. The summed E-state index contributed by atoms with van der Waals surface area (Å²) in [5, 5.41) is 14.0. The Bertz CT molecular complexity index is 738. The average Bonchev–Trinajstić information content (AvgIpc) is 2.68. The van der Waals surface area contributed by atoms with E-state index in [2.05, 4.69) is 5.16 Å². The first-order valence-electron chi connectivity index (χ1n) is 7.06. The molecule has 0 radical (unpaired) electrons. The number of hydrogen-bond donors (Lipinski definition) is 1. The Morgan fingerprint density at radius 3 is 2.23 bits per heavy atom. The van der Waals surface area contributed by atoms with Crippen LogP contribution in [0, 0.1) is 27.7 Å². The maximum absolute atomic E-state index is 12.3. The van der Waals surface area contributed by atoms with Gasteiger partial charge in [0.1, 0.15) is 5.76 Å². The first-order valence-corrected chi connectivity index (χ1v) is 8.88. The molecule has 0 aliphatic carbocycles. The molecule has 1 N–H and O–H groups in total. The van der Waals surface area contributed by atoms with Crippen molar-refractivity contribution in [1.82, 2.24) is 5.16 Å². The molecule has 0 aliphatic heterocycles. The quantitative estimate of drug-likeness (QED) is 0.914. The van der Waals surface area contributed by atoms with Crippen LogP contribution in [0.4, 0.5) is 0 Å². The van der Waals surface area contributed by atoms with Crippen LogP contribution in [-0.2, 0) is 15.6 Å². The van der Waals surface area contributed by atoms with Crippen LogP contribution in [-0.4, -0.2) is 24.4 Å². The second kappa shape index (κ2) is 6.22. The van der Waals surface area contributed by atoms with Gasteiger partial charge in [-0.15, -0.1) is 0 Å². The van der Waals surface area contributed by atoms with Gasteiger partial charge in [0.25, 0.3) is 0 Å². The Morgan fingerprint density at radius 2 is 1.73 bits per heavy atom. The molecule has 1 aromatic heterocycles. The molecule has 120 valence electrons. The molecule has 6 heteroatoms. The fourth-order valence-electron chi connectivity index (χ4n) is 2.53. The normalized spacial score (nSPS) is 13.3. The summed E-state index contributed by atoms with van der Waals surface area (Å²) in [6, 6.07) is 5.60. The van der Waals surface area contributed by atoms with Gasteiger partial charge in [0.05, 0.1) is 23.3 Å². The van der Waals surface area contributed by atoms with Crippen molar-refractivity contribution in [3.8, 4) is 0 Å². The first kappa shape index (κ1) is 16.7. The predicted octanol–water partition coefficient (Wildman–Crippen LogP) is 2.56. The van der Waals surface area contributed by atoms with E-state index in [0.29, 0.717) is 22.6 Å². The van der Waals surface area contributed by atoms with Crippen molar-refractivity contribution in [2.45, 2.75) is 39.6 Å². The molecular weight excluding hydrogens is 302 g/mol. The largest absolute Gasteiger partial charge is 0.387 e. The van der Waals surface area contributed by atoms with Crippen molar-refractivity contribution in [2.24, 2.45) is 0 Å². The van der Waals surface area contributed by atoms with Crippen molar-refractivity contribution < 1.29 is 18.0 Å². The van der Waals surface area contributed by atoms with Crippen LogP contribution < -0.4 is 0 Å². The van der Waals surface area contributed by atoms with E-state index in [-0.39, 0.29) is 11.5 Å². The number of aliphatic hydroxyl groups excluding tert-OH is 1. The van der Waals surface area contributed by atoms with Crippen molar-refractivity contribution in [2.75, 3.05) is 5.75 Å². The third-order valence-corrected chi connectivity index (χ3v) is 5.14. The number of aliphatic hydroxyl groups is 1. The minimum Gasteiger partial charge on any atom is -0.387 e. The highest BCUT2D eigenvalue weighted by Gasteiger charge is 2.23. The zero-order valence-corrected chi connectivity index (χ0v) is 14.1. The number of rotatable bonds is 5. The van der Waals surface area contributed by atoms with Crippen LogP contribution in [0.1, 0.15) is 39.8 Å². The highest BCUT2D eigenvalue weighted by atomic mass is 32.2. The molecule has 0 aliphatic rings. The van der Waals surface area contributed by atoms with Crippen LogP contribution in [0.25, 0.3) is 0 Å². The van der Waals surface area contributed by atoms with E-state index in [1.54, 1.807) is 13.8 Å². The molecule has 1 unspecified atom stereocenters. The smallest absolute Gasteiger partial charge is 0.157 e. The molecule has 0 amide bonds. The van der Waals surface area contributed by atoms with Gasteiger partial charge in [-0.25, -0.2) is 8.42 Å². The number of sulfone groups is 1. The number of hydrogen-bond acceptors (Lipinski definition) is 5. The lowest BCUT2D eigenvalue weighted by Crippen LogP contribution is -2.17. The van der Waals surface area contributed by atoms with E-state index in [1.165, 1.54) is 0 Å². The van der Waals surface area contributed by atoms with Gasteiger partial charge >= 0.3 is 0 Å². The summed E-state index contributed by atoms with van der Waals surface area (Å²) in [6.07, 6.45) is -1.04. The molecule has 0 spiro atoms. The van der Waals surface area contributed by atoms with Crippen molar-refractivity contribution in [1.29, 1.82) is 0 Å². The molecule has 5 nitrogen and oxygen atoms in total. The zero-order chi connectivity index (χ0) is 16.5. The Kier molecular flexibility index (Phi) is 4.72. The van der Waals surface area contributed by atoms with E-state index < -0.39 is 15.9 Å². The molecule has 22 heavy (non-hydrogen) atoms. The summed E-state index contributed by atoms with van der Waals surface area (Å²) in [7, 11) is -3.47. The third kappa shape index (κ3) is 3.96. The molecule has 1 atom stereocenters. The van der Waals surface area contributed by atoms with Gasteiger partial charge in [0, 0.05) is 5.56 Å². The Hall–Kier alpha value is -1.66. The summed E-state index contributed by atoms with van der Waals surface area (Å²) >= 11 is 0. The fourth-order valence-corrected chi connectivity index (χ4v) is 4.17. The summed E-state index contributed by atoms with van der Waals surface area (Å²) in [5.74, 6) is 0.0117. The molecule has 2 rings (SSSR count). The second-order valence-corrected chi connectivity index (χ2v) is 7.90. The summed E-state index contributed by atoms with van der Waals surface area (Å²) in [5.41, 5.74) is 3.77. The Balaban J connectivity index is 2.18. The van der Waals surface area contributed by atoms with Crippen molar-refractivity contribution in [3.63, 3.8) is 0 Å². The maximum atomic E-state index is 12.3. The number of aryl methyl sites for hydroxylation is 4. The average molecular weight is 323 g/mol. The van der Waals surface area contributed by atoms with Gasteiger partial charge in [-0.2, -0.15) is 0 Å². The van der Waals surface area contributed by atoms with Gasteiger partial charge in [0.2, 0.25) is 0 Å². The van der Waals surface area contributed by atoms with Gasteiger partial charge in [-0.05, 0) is 33.3 Å². The number of aromatic nitrogens is 1. The van der Waals surface area contributed by atoms with Crippen LogP contribution in [0.2, 0.25) is 0 Å². The standard InChI is InChI=1S/C16H21NO4S/c1-10-5-11(2)7-14(6-10)16(18)9-22(19,20)8-15-12(3)17-21-13(15)4/h5-7,16,18H,8-9H2,1-4H3. The fraction of sp³-hybridized carbons (Fsp3) is 0.438. The molecule has 0 bridgehead atoms. The van der Waals surface area contributed by atoms with E-state index in [4.69, 9.17) is 4.52 Å². The molecular formula is C16H21NO4S. The van der Waals surface area contributed by atoms with Gasteiger partial charge in [-0.3, -0.25) is 0 Å².